The van der Waals surface area contributed by atoms with Crippen LogP contribution < -0.4 is 16.0 Å². The summed E-state index contributed by atoms with van der Waals surface area (Å²) >= 11 is 3.51. The van der Waals surface area contributed by atoms with Crippen LogP contribution in [-0.2, 0) is 21.3 Å². The van der Waals surface area contributed by atoms with Crippen LogP contribution in [0.3, 0.4) is 0 Å². The fourth-order valence-electron chi connectivity index (χ4n) is 9.79. The van der Waals surface area contributed by atoms with Crippen LogP contribution in [0.4, 0.5) is 4.79 Å². The number of pyridine rings is 2. The number of aromatic nitrogens is 4. The van der Waals surface area contributed by atoms with Crippen molar-refractivity contribution in [3.63, 3.8) is 0 Å². The molecule has 0 unspecified atom stereocenters. The summed E-state index contributed by atoms with van der Waals surface area (Å²) in [6, 6.07) is 20.6. The molecule has 5 aromatic heterocycles. The Balaban J connectivity index is 0.000000211. The number of amides is 4. The molecule has 0 atom stereocenters. The Morgan fingerprint density at radius 3 is 1.96 bits per heavy atom. The number of benzene rings is 1. The van der Waals surface area contributed by atoms with Gasteiger partial charge >= 0.3 is 6.09 Å². The number of ether oxygens (including phenoxy) is 2. The lowest BCUT2D eigenvalue weighted by Gasteiger charge is -2.32. The van der Waals surface area contributed by atoms with Gasteiger partial charge in [-0.15, -0.1) is 0 Å². The SMILES string of the molecule is CC(C)(C)OC(=O)NC1CCN(C(=O)c2ccc3c(Br)cccn23)CC1.COC1CCC(NC/C=C/C(=O)NC2CCN(C(=O)c3ccc4c(-c5cc6ncn(C)c6cc5C)cccn34)CC2)CC1. The average molecular weight is 1010 g/mol. The van der Waals surface area contributed by atoms with Gasteiger partial charge in [0.05, 0.1) is 34.5 Å². The lowest BCUT2D eigenvalue weighted by molar-refractivity contribution is -0.117. The number of fused-ring (bicyclic) bond motifs is 3. The molecule has 69 heavy (non-hydrogen) atoms. The summed E-state index contributed by atoms with van der Waals surface area (Å²) in [5.41, 5.74) is 8.18. The molecule has 6 aromatic rings. The summed E-state index contributed by atoms with van der Waals surface area (Å²) in [5, 5.41) is 9.54. The van der Waals surface area contributed by atoms with E-state index in [-0.39, 0.29) is 29.8 Å². The topological polar surface area (TPSA) is 156 Å². The minimum atomic E-state index is -0.509. The number of halogens is 1. The van der Waals surface area contributed by atoms with Crippen molar-refractivity contribution in [2.24, 2.45) is 7.05 Å². The van der Waals surface area contributed by atoms with Crippen LogP contribution in [0.25, 0.3) is 33.2 Å². The van der Waals surface area contributed by atoms with Gasteiger partial charge in [0.2, 0.25) is 5.91 Å². The van der Waals surface area contributed by atoms with Gasteiger partial charge in [-0.05, 0) is 161 Å². The van der Waals surface area contributed by atoms with Gasteiger partial charge in [0.25, 0.3) is 11.8 Å². The third kappa shape index (κ3) is 11.9. The van der Waals surface area contributed by atoms with Crippen molar-refractivity contribution in [1.82, 2.24) is 44.1 Å². The Morgan fingerprint density at radius 2 is 1.33 bits per heavy atom. The maximum absolute atomic E-state index is 13.6. The highest BCUT2D eigenvalue weighted by molar-refractivity contribution is 9.10. The molecule has 0 bridgehead atoms. The summed E-state index contributed by atoms with van der Waals surface area (Å²) in [4.78, 5) is 59.2. The maximum Gasteiger partial charge on any atom is 0.407 e. The van der Waals surface area contributed by atoms with Crippen LogP contribution in [-0.4, -0.2) is 122 Å². The molecule has 16 heteroatoms. The molecule has 0 spiro atoms. The van der Waals surface area contributed by atoms with E-state index in [1.165, 1.54) is 5.56 Å². The Bertz CT molecular complexity index is 2820. The summed E-state index contributed by atoms with van der Waals surface area (Å²) in [6.45, 7) is 10.8. The van der Waals surface area contributed by atoms with Gasteiger partial charge in [0.1, 0.15) is 17.0 Å². The molecule has 1 aliphatic carbocycles. The number of hydrogen-bond donors (Lipinski definition) is 3. The second-order valence-corrected chi connectivity index (χ2v) is 20.4. The first-order valence-corrected chi connectivity index (χ1v) is 25.0. The second-order valence-electron chi connectivity index (χ2n) is 19.5. The number of nitrogens with zero attached hydrogens (tertiary/aromatic N) is 6. The van der Waals surface area contributed by atoms with E-state index in [0.29, 0.717) is 56.3 Å². The average Bonchev–Trinajstić information content (AvgIpc) is 4.07. The molecule has 366 valence electrons. The van der Waals surface area contributed by atoms with E-state index >= 15 is 0 Å². The number of likely N-dealkylation sites (tertiary alicyclic amines) is 2. The lowest BCUT2D eigenvalue weighted by atomic mass is 9.93. The smallest absolute Gasteiger partial charge is 0.407 e. The fourth-order valence-corrected chi connectivity index (χ4v) is 10.3. The molecule has 7 heterocycles. The normalized spacial score (nSPS) is 18.4. The predicted molar refractivity (Wildman–Crippen MR) is 272 cm³/mol. The van der Waals surface area contributed by atoms with E-state index in [4.69, 9.17) is 9.47 Å². The number of methoxy groups -OCH3 is 1. The van der Waals surface area contributed by atoms with Crippen LogP contribution in [0, 0.1) is 6.92 Å². The molecule has 9 rings (SSSR count). The van der Waals surface area contributed by atoms with Gasteiger partial charge in [-0.3, -0.25) is 14.4 Å². The molecule has 3 N–H and O–H groups in total. The molecule has 15 nitrogen and oxygen atoms in total. The van der Waals surface area contributed by atoms with Crippen molar-refractivity contribution in [2.75, 3.05) is 39.8 Å². The second kappa shape index (κ2) is 21.8. The highest BCUT2D eigenvalue weighted by atomic mass is 79.9. The lowest BCUT2D eigenvalue weighted by Crippen LogP contribution is -2.47. The molecule has 0 radical (unpaired) electrons. The van der Waals surface area contributed by atoms with Gasteiger partial charge in [-0.2, -0.15) is 0 Å². The van der Waals surface area contributed by atoms with Crippen LogP contribution in [0.1, 0.15) is 98.7 Å². The number of hydrogen-bond acceptors (Lipinski definition) is 8. The van der Waals surface area contributed by atoms with Crippen molar-refractivity contribution in [1.29, 1.82) is 0 Å². The summed E-state index contributed by atoms with van der Waals surface area (Å²) < 4.78 is 17.6. The van der Waals surface area contributed by atoms with E-state index in [2.05, 4.69) is 62.0 Å². The fraction of sp³-hybridized carbons (Fsp3) is 0.453. The zero-order valence-corrected chi connectivity index (χ0v) is 42.3. The monoisotopic (exact) mass is 1000 g/mol. The quantitative estimate of drug-likeness (QED) is 0.116. The third-order valence-corrected chi connectivity index (χ3v) is 14.2. The first-order valence-electron chi connectivity index (χ1n) is 24.2. The van der Waals surface area contributed by atoms with Gasteiger partial charge in [-0.25, -0.2) is 9.78 Å². The molecule has 2 saturated heterocycles. The Hall–Kier alpha value is -5.97. The number of aryl methyl sites for hydroxylation is 2. The first-order chi connectivity index (χ1) is 33.1. The first kappa shape index (κ1) is 49.5. The number of carbonyl (C=O) groups is 4. The van der Waals surface area contributed by atoms with Gasteiger partial charge in [-0.1, -0.05) is 12.1 Å². The molecule has 1 aromatic carbocycles. The van der Waals surface area contributed by atoms with Gasteiger partial charge in [0, 0.05) is 93.5 Å². The van der Waals surface area contributed by atoms with Crippen molar-refractivity contribution < 1.29 is 28.7 Å². The number of piperidine rings is 2. The van der Waals surface area contributed by atoms with E-state index in [1.807, 2.05) is 118 Å². The Morgan fingerprint density at radius 1 is 0.739 bits per heavy atom. The summed E-state index contributed by atoms with van der Waals surface area (Å²) in [5.74, 6) is -0.0397. The zero-order chi connectivity index (χ0) is 48.8. The highest BCUT2D eigenvalue weighted by Gasteiger charge is 2.29. The van der Waals surface area contributed by atoms with E-state index in [0.717, 1.165) is 89.0 Å². The summed E-state index contributed by atoms with van der Waals surface area (Å²) in [6.07, 6.45) is 16.5. The van der Waals surface area contributed by atoms with E-state index < -0.39 is 11.7 Å². The number of rotatable bonds is 10. The van der Waals surface area contributed by atoms with Crippen molar-refractivity contribution in [2.45, 2.75) is 109 Å². The van der Waals surface area contributed by atoms with Crippen LogP contribution >= 0.6 is 15.9 Å². The summed E-state index contributed by atoms with van der Waals surface area (Å²) in [7, 11) is 3.79. The van der Waals surface area contributed by atoms with Crippen LogP contribution in [0.15, 0.2) is 96.0 Å². The van der Waals surface area contributed by atoms with Crippen molar-refractivity contribution in [3.8, 4) is 11.1 Å². The molecule has 3 fully saturated rings. The van der Waals surface area contributed by atoms with E-state index in [9.17, 15) is 19.2 Å². The highest BCUT2D eigenvalue weighted by Crippen LogP contribution is 2.32. The zero-order valence-electron chi connectivity index (χ0n) is 40.7. The molecular formula is C53H66BrN9O6. The van der Waals surface area contributed by atoms with Crippen molar-refractivity contribution in [3.05, 3.63) is 113 Å². The van der Waals surface area contributed by atoms with Crippen LogP contribution in [0.5, 0.6) is 0 Å². The Kier molecular flexibility index (Phi) is 15.6. The molecular weight excluding hydrogens is 939 g/mol. The Labute approximate surface area is 412 Å². The number of alkyl carbamates (subject to hydrolysis) is 1. The van der Waals surface area contributed by atoms with E-state index in [1.54, 1.807) is 13.2 Å². The maximum atomic E-state index is 13.6. The standard InChI is InChI=1S/C34H42N6O3.C19H24BrN3O3/c1-23-20-32-29(36-22-38(32)2)21-28(23)27-6-5-17-40-30(27)12-13-31(40)34(42)39-18-14-25(15-19-39)37-33(41)7-4-16-35-24-8-10-26(43-3)11-9-24;1-19(2,3)26-18(25)21-13-8-11-22(12-9-13)17(24)16-7-6-15-14(20)5-4-10-23(15)16/h4-7,12-13,17,20-22,24-26,35H,8-11,14-16,18-19H2,1-3H3,(H,37,41);4-7,10,13H,8-9,11-12H2,1-3H3,(H,21,25)/b7-4+;. The predicted octanol–water partition coefficient (Wildman–Crippen LogP) is 8.46. The largest absolute Gasteiger partial charge is 0.444 e. The van der Waals surface area contributed by atoms with Crippen LogP contribution in [0.2, 0.25) is 0 Å². The van der Waals surface area contributed by atoms with Crippen molar-refractivity contribution >= 4 is 61.8 Å². The minimum absolute atomic E-state index is 0.0128. The molecule has 1 saturated carbocycles. The van der Waals surface area contributed by atoms with Gasteiger partial charge in [0.15, 0.2) is 0 Å². The molecule has 2 aliphatic heterocycles. The molecule has 4 amide bonds. The number of imidazole rings is 1. The number of carbonyl (C=O) groups excluding carboxylic acids is 4. The minimum Gasteiger partial charge on any atom is -0.444 e. The third-order valence-electron chi connectivity index (χ3n) is 13.6. The number of nitrogens with one attached hydrogen (secondary N) is 3. The molecule has 3 aliphatic rings. The van der Waals surface area contributed by atoms with Gasteiger partial charge < -0.3 is 48.6 Å².